The van der Waals surface area contributed by atoms with E-state index in [0.717, 1.165) is 18.4 Å². The van der Waals surface area contributed by atoms with Gasteiger partial charge in [0, 0.05) is 19.0 Å². The normalized spacial score (nSPS) is 27.9. The molecule has 1 amide bonds. The minimum atomic E-state index is -0.978. The largest absolute Gasteiger partial charge is 0.480 e. The molecule has 0 spiro atoms. The summed E-state index contributed by atoms with van der Waals surface area (Å²) in [6.07, 6.45) is 4.89. The van der Waals surface area contributed by atoms with Crippen molar-refractivity contribution >= 4 is 11.9 Å². The molecule has 2 fully saturated rings. The molecular formula is C18H24N2O3. The second kappa shape index (κ2) is 7.13. The number of rotatable bonds is 5. The van der Waals surface area contributed by atoms with Crippen molar-refractivity contribution in [2.24, 2.45) is 11.8 Å². The zero-order valence-corrected chi connectivity index (χ0v) is 13.2. The predicted octanol–water partition coefficient (Wildman–Crippen LogP) is 1.58. The average molecular weight is 316 g/mol. The van der Waals surface area contributed by atoms with Gasteiger partial charge in [0.15, 0.2) is 0 Å². The fourth-order valence-corrected chi connectivity index (χ4v) is 3.94. The summed E-state index contributed by atoms with van der Waals surface area (Å²) in [6.45, 7) is 0.666. The molecule has 0 aromatic heterocycles. The summed E-state index contributed by atoms with van der Waals surface area (Å²) in [4.78, 5) is 24.1. The number of amides is 1. The molecule has 0 radical (unpaired) electrons. The Morgan fingerprint density at radius 3 is 2.70 bits per heavy atom. The zero-order chi connectivity index (χ0) is 16.2. The van der Waals surface area contributed by atoms with E-state index in [9.17, 15) is 14.7 Å². The Balaban J connectivity index is 1.63. The Morgan fingerprint density at radius 2 is 1.96 bits per heavy atom. The van der Waals surface area contributed by atoms with Crippen LogP contribution >= 0.6 is 0 Å². The molecule has 124 valence electrons. The summed E-state index contributed by atoms with van der Waals surface area (Å²) < 4.78 is 0. The van der Waals surface area contributed by atoms with Gasteiger partial charge < -0.3 is 15.7 Å². The van der Waals surface area contributed by atoms with Crippen molar-refractivity contribution in [3.63, 3.8) is 0 Å². The maximum atomic E-state index is 12.6. The van der Waals surface area contributed by atoms with Crippen molar-refractivity contribution in [2.75, 3.05) is 6.54 Å². The Hall–Kier alpha value is -1.88. The lowest BCUT2D eigenvalue weighted by Crippen LogP contribution is -2.46. The minimum Gasteiger partial charge on any atom is -0.480 e. The van der Waals surface area contributed by atoms with Crippen LogP contribution in [0.4, 0.5) is 0 Å². The van der Waals surface area contributed by atoms with Gasteiger partial charge in [-0.3, -0.25) is 4.79 Å². The van der Waals surface area contributed by atoms with E-state index in [1.165, 1.54) is 12.8 Å². The molecule has 4 unspecified atom stereocenters. The van der Waals surface area contributed by atoms with E-state index < -0.39 is 12.0 Å². The maximum Gasteiger partial charge on any atom is 0.326 e. The number of nitrogens with one attached hydrogen (secondary N) is 2. The third-order valence-electron chi connectivity index (χ3n) is 5.17. The second-order valence-corrected chi connectivity index (χ2v) is 6.66. The van der Waals surface area contributed by atoms with Crippen LogP contribution in [0.2, 0.25) is 0 Å². The SMILES string of the molecule is O=C(O)C(Cc1ccccc1)NC(=O)C1CNC2CCCCC21. The van der Waals surface area contributed by atoms with Gasteiger partial charge in [-0.2, -0.15) is 0 Å². The lowest BCUT2D eigenvalue weighted by Gasteiger charge is -2.28. The molecule has 3 N–H and O–H groups in total. The first kappa shape index (κ1) is 16.0. The van der Waals surface area contributed by atoms with E-state index in [0.29, 0.717) is 24.9 Å². The molecule has 5 heteroatoms. The van der Waals surface area contributed by atoms with Crippen molar-refractivity contribution < 1.29 is 14.7 Å². The number of carboxylic acid groups (broad SMARTS) is 1. The lowest BCUT2D eigenvalue weighted by molar-refractivity contribution is -0.142. The number of carboxylic acids is 1. The van der Waals surface area contributed by atoms with Gasteiger partial charge in [-0.1, -0.05) is 43.2 Å². The van der Waals surface area contributed by atoms with Crippen molar-refractivity contribution in [2.45, 2.75) is 44.2 Å². The molecule has 5 nitrogen and oxygen atoms in total. The monoisotopic (exact) mass is 316 g/mol. The summed E-state index contributed by atoms with van der Waals surface area (Å²) in [6, 6.07) is 8.98. The first-order valence-electron chi connectivity index (χ1n) is 8.45. The van der Waals surface area contributed by atoms with Crippen LogP contribution < -0.4 is 10.6 Å². The van der Waals surface area contributed by atoms with Crippen LogP contribution in [0.3, 0.4) is 0 Å². The number of carbonyl (C=O) groups is 2. The summed E-state index contributed by atoms with van der Waals surface area (Å²) in [7, 11) is 0. The van der Waals surface area contributed by atoms with Crippen LogP contribution in [0.25, 0.3) is 0 Å². The molecule has 1 aliphatic heterocycles. The van der Waals surface area contributed by atoms with E-state index in [2.05, 4.69) is 10.6 Å². The number of carbonyl (C=O) groups excluding carboxylic acids is 1. The highest BCUT2D eigenvalue weighted by atomic mass is 16.4. The lowest BCUT2D eigenvalue weighted by atomic mass is 9.79. The molecule has 23 heavy (non-hydrogen) atoms. The molecule has 1 saturated carbocycles. The molecule has 0 bridgehead atoms. The van der Waals surface area contributed by atoms with E-state index >= 15 is 0 Å². The number of hydrogen-bond donors (Lipinski definition) is 3. The second-order valence-electron chi connectivity index (χ2n) is 6.66. The minimum absolute atomic E-state index is 0.0991. The summed E-state index contributed by atoms with van der Waals surface area (Å²) in [5.74, 6) is -0.837. The maximum absolute atomic E-state index is 12.6. The van der Waals surface area contributed by atoms with Crippen molar-refractivity contribution in [3.8, 4) is 0 Å². The van der Waals surface area contributed by atoms with Crippen molar-refractivity contribution in [3.05, 3.63) is 35.9 Å². The van der Waals surface area contributed by atoms with Gasteiger partial charge in [-0.25, -0.2) is 4.79 Å². The topological polar surface area (TPSA) is 78.4 Å². The Bertz CT molecular complexity index is 561. The van der Waals surface area contributed by atoms with E-state index in [1.807, 2.05) is 30.3 Å². The molecule has 4 atom stereocenters. The fourth-order valence-electron chi connectivity index (χ4n) is 3.94. The first-order valence-corrected chi connectivity index (χ1v) is 8.45. The highest BCUT2D eigenvalue weighted by molar-refractivity contribution is 5.85. The Morgan fingerprint density at radius 1 is 1.22 bits per heavy atom. The van der Waals surface area contributed by atoms with E-state index in [-0.39, 0.29) is 11.8 Å². The molecule has 2 aliphatic rings. The highest BCUT2D eigenvalue weighted by Crippen LogP contribution is 2.34. The third kappa shape index (κ3) is 3.72. The molecule has 1 aromatic rings. The summed E-state index contributed by atoms with van der Waals surface area (Å²) in [5.41, 5.74) is 0.917. The fraction of sp³-hybridized carbons (Fsp3) is 0.556. The van der Waals surface area contributed by atoms with Crippen LogP contribution in [0.5, 0.6) is 0 Å². The standard InChI is InChI=1S/C18H24N2O3/c21-17(14-11-19-15-9-5-4-8-13(14)15)20-16(18(22)23)10-12-6-2-1-3-7-12/h1-3,6-7,13-16,19H,4-5,8-11H2,(H,20,21)(H,22,23). The Labute approximate surface area is 136 Å². The van der Waals surface area contributed by atoms with Crippen LogP contribution in [-0.4, -0.2) is 35.6 Å². The van der Waals surface area contributed by atoms with Gasteiger partial charge in [0.25, 0.3) is 0 Å². The summed E-state index contributed by atoms with van der Waals surface area (Å²) >= 11 is 0. The Kier molecular flexibility index (Phi) is 4.96. The van der Waals surface area contributed by atoms with E-state index in [1.54, 1.807) is 0 Å². The number of aliphatic carboxylic acids is 1. The van der Waals surface area contributed by atoms with Gasteiger partial charge in [-0.15, -0.1) is 0 Å². The number of fused-ring (bicyclic) bond motifs is 1. The molecule has 1 saturated heterocycles. The summed E-state index contributed by atoms with van der Waals surface area (Å²) in [5, 5.41) is 15.6. The number of benzene rings is 1. The van der Waals surface area contributed by atoms with Crippen molar-refractivity contribution in [1.29, 1.82) is 0 Å². The van der Waals surface area contributed by atoms with Crippen molar-refractivity contribution in [1.82, 2.24) is 10.6 Å². The van der Waals surface area contributed by atoms with Gasteiger partial charge >= 0.3 is 5.97 Å². The van der Waals surface area contributed by atoms with Gasteiger partial charge in [-0.05, 0) is 24.3 Å². The van der Waals surface area contributed by atoms with Gasteiger partial charge in [0.05, 0.1) is 5.92 Å². The van der Waals surface area contributed by atoms with E-state index in [4.69, 9.17) is 0 Å². The zero-order valence-electron chi connectivity index (χ0n) is 13.2. The smallest absolute Gasteiger partial charge is 0.326 e. The molecule has 1 aromatic carbocycles. The number of hydrogen-bond acceptors (Lipinski definition) is 3. The molecule has 1 heterocycles. The first-order chi connectivity index (χ1) is 11.1. The third-order valence-corrected chi connectivity index (χ3v) is 5.17. The van der Waals surface area contributed by atoms with Crippen LogP contribution in [0.1, 0.15) is 31.2 Å². The van der Waals surface area contributed by atoms with Gasteiger partial charge in [0.2, 0.25) is 5.91 Å². The quantitative estimate of drug-likeness (QED) is 0.770. The molecular weight excluding hydrogens is 292 g/mol. The predicted molar refractivity (Wildman–Crippen MR) is 87.0 cm³/mol. The van der Waals surface area contributed by atoms with Crippen LogP contribution in [-0.2, 0) is 16.0 Å². The molecule has 1 aliphatic carbocycles. The highest BCUT2D eigenvalue weighted by Gasteiger charge is 2.41. The van der Waals surface area contributed by atoms with Crippen LogP contribution in [0, 0.1) is 11.8 Å². The van der Waals surface area contributed by atoms with Gasteiger partial charge in [0.1, 0.15) is 6.04 Å². The average Bonchev–Trinajstić information content (AvgIpc) is 2.99. The van der Waals surface area contributed by atoms with Crippen LogP contribution in [0.15, 0.2) is 30.3 Å². The molecule has 3 rings (SSSR count).